The maximum atomic E-state index is 4.23. The lowest BCUT2D eigenvalue weighted by Gasteiger charge is -2.14. The normalized spacial score (nSPS) is 15.9. The van der Waals surface area contributed by atoms with E-state index in [0.717, 1.165) is 32.2 Å². The minimum absolute atomic E-state index is 0.734. The number of hydrogen-bond acceptors (Lipinski definition) is 3. The van der Waals surface area contributed by atoms with Crippen LogP contribution in [0.4, 0.5) is 0 Å². The predicted molar refractivity (Wildman–Crippen MR) is 65.4 cm³/mol. The zero-order valence-corrected chi connectivity index (χ0v) is 10.3. The van der Waals surface area contributed by atoms with Gasteiger partial charge >= 0.3 is 0 Å². The lowest BCUT2D eigenvalue weighted by molar-refractivity contribution is 0.348. The van der Waals surface area contributed by atoms with Crippen LogP contribution in [0.5, 0.6) is 0 Å². The van der Waals surface area contributed by atoms with Gasteiger partial charge in [-0.15, -0.1) is 0 Å². The average molecular weight is 222 g/mol. The van der Waals surface area contributed by atoms with E-state index in [1.165, 1.54) is 18.5 Å². The van der Waals surface area contributed by atoms with Crippen molar-refractivity contribution in [2.45, 2.75) is 32.4 Å². The van der Waals surface area contributed by atoms with Crippen LogP contribution in [0.1, 0.15) is 31.5 Å². The molecule has 4 heteroatoms. The molecule has 1 aliphatic carbocycles. The Kier molecular flexibility index (Phi) is 3.96. The van der Waals surface area contributed by atoms with E-state index in [4.69, 9.17) is 0 Å². The summed E-state index contributed by atoms with van der Waals surface area (Å²) in [6.45, 7) is 6.38. The van der Waals surface area contributed by atoms with Crippen LogP contribution < -0.4 is 5.32 Å². The molecule has 0 aromatic carbocycles. The second-order valence-corrected chi connectivity index (χ2v) is 4.60. The summed E-state index contributed by atoms with van der Waals surface area (Å²) in [6, 6.07) is 0.734. The Morgan fingerprint density at radius 3 is 3.06 bits per heavy atom. The first-order valence-electron chi connectivity index (χ1n) is 6.21. The number of rotatable bonds is 7. The molecule has 0 radical (unpaired) electrons. The molecule has 1 aliphatic rings. The molecule has 0 spiro atoms. The predicted octanol–water partition coefficient (Wildman–Crippen LogP) is 1.26. The van der Waals surface area contributed by atoms with E-state index in [0.29, 0.717) is 0 Å². The Hall–Kier alpha value is -0.870. The molecule has 1 fully saturated rings. The summed E-state index contributed by atoms with van der Waals surface area (Å²) in [7, 11) is 2.15. The van der Waals surface area contributed by atoms with Crippen LogP contribution in [0.3, 0.4) is 0 Å². The van der Waals surface area contributed by atoms with Gasteiger partial charge in [-0.3, -0.25) is 0 Å². The van der Waals surface area contributed by atoms with Crippen molar-refractivity contribution < 1.29 is 0 Å². The molecule has 1 aromatic heterocycles. The summed E-state index contributed by atoms with van der Waals surface area (Å²) in [5, 5.41) is 3.47. The smallest absolute Gasteiger partial charge is 0.0951 e. The van der Waals surface area contributed by atoms with Crippen LogP contribution in [0.25, 0.3) is 0 Å². The molecule has 2 rings (SSSR count). The maximum absolute atomic E-state index is 4.23. The van der Waals surface area contributed by atoms with E-state index in [9.17, 15) is 0 Å². The zero-order valence-electron chi connectivity index (χ0n) is 10.3. The number of likely N-dealkylation sites (N-methyl/N-ethyl adjacent to an activating group) is 1. The highest BCUT2D eigenvalue weighted by molar-refractivity contribution is 5.03. The number of nitrogens with one attached hydrogen (secondary N) is 1. The van der Waals surface area contributed by atoms with E-state index < -0.39 is 0 Å². The SMILES string of the molecule is CCN(C)CCNCc1cncn1C1CC1. The fourth-order valence-corrected chi connectivity index (χ4v) is 1.79. The lowest BCUT2D eigenvalue weighted by atomic mass is 10.4. The molecule has 1 N–H and O–H groups in total. The molecule has 0 bridgehead atoms. The molecule has 1 aromatic rings. The third-order valence-electron chi connectivity index (χ3n) is 3.20. The fraction of sp³-hybridized carbons (Fsp3) is 0.750. The van der Waals surface area contributed by atoms with E-state index in [-0.39, 0.29) is 0 Å². The second-order valence-electron chi connectivity index (χ2n) is 4.60. The first-order chi connectivity index (χ1) is 7.81. The minimum atomic E-state index is 0.734. The summed E-state index contributed by atoms with van der Waals surface area (Å²) < 4.78 is 2.32. The number of imidazole rings is 1. The Labute approximate surface area is 97.7 Å². The Morgan fingerprint density at radius 2 is 2.38 bits per heavy atom. The molecule has 0 atom stereocenters. The first-order valence-corrected chi connectivity index (χ1v) is 6.21. The number of hydrogen-bond donors (Lipinski definition) is 1. The van der Waals surface area contributed by atoms with E-state index in [2.05, 4.69) is 33.7 Å². The van der Waals surface area contributed by atoms with Crippen LogP contribution in [0.2, 0.25) is 0 Å². The fourth-order valence-electron chi connectivity index (χ4n) is 1.79. The van der Waals surface area contributed by atoms with Gasteiger partial charge in [0.25, 0.3) is 0 Å². The van der Waals surface area contributed by atoms with Gasteiger partial charge in [0.05, 0.1) is 12.0 Å². The molecule has 16 heavy (non-hydrogen) atoms. The van der Waals surface area contributed by atoms with Crippen molar-refractivity contribution in [2.24, 2.45) is 0 Å². The highest BCUT2D eigenvalue weighted by Gasteiger charge is 2.24. The van der Waals surface area contributed by atoms with Crippen molar-refractivity contribution in [3.8, 4) is 0 Å². The van der Waals surface area contributed by atoms with Gasteiger partial charge in [-0.05, 0) is 26.4 Å². The van der Waals surface area contributed by atoms with Crippen LogP contribution in [-0.2, 0) is 6.54 Å². The summed E-state index contributed by atoms with van der Waals surface area (Å²) in [4.78, 5) is 6.54. The van der Waals surface area contributed by atoms with Crippen LogP contribution in [-0.4, -0.2) is 41.1 Å². The first kappa shape index (κ1) is 11.6. The van der Waals surface area contributed by atoms with Gasteiger partial charge in [0.1, 0.15) is 0 Å². The van der Waals surface area contributed by atoms with Gasteiger partial charge in [0.15, 0.2) is 0 Å². The van der Waals surface area contributed by atoms with Crippen LogP contribution >= 0.6 is 0 Å². The van der Waals surface area contributed by atoms with E-state index in [1.807, 2.05) is 12.5 Å². The highest BCUT2D eigenvalue weighted by Crippen LogP contribution is 2.35. The average Bonchev–Trinajstić information content (AvgIpc) is 3.04. The van der Waals surface area contributed by atoms with Crippen molar-refractivity contribution in [1.82, 2.24) is 19.8 Å². The Bertz CT molecular complexity index is 317. The molecule has 1 saturated carbocycles. The largest absolute Gasteiger partial charge is 0.330 e. The van der Waals surface area contributed by atoms with Crippen molar-refractivity contribution in [3.63, 3.8) is 0 Å². The molecule has 0 amide bonds. The molecule has 4 nitrogen and oxygen atoms in total. The van der Waals surface area contributed by atoms with Gasteiger partial charge in [-0.1, -0.05) is 6.92 Å². The zero-order chi connectivity index (χ0) is 11.4. The minimum Gasteiger partial charge on any atom is -0.330 e. The number of aromatic nitrogens is 2. The quantitative estimate of drug-likeness (QED) is 0.705. The Balaban J connectivity index is 1.70. The van der Waals surface area contributed by atoms with Gasteiger partial charge in [-0.2, -0.15) is 0 Å². The van der Waals surface area contributed by atoms with Crippen LogP contribution in [0.15, 0.2) is 12.5 Å². The van der Waals surface area contributed by atoms with Gasteiger partial charge in [0.2, 0.25) is 0 Å². The van der Waals surface area contributed by atoms with E-state index in [1.54, 1.807) is 0 Å². The van der Waals surface area contributed by atoms with Crippen molar-refractivity contribution in [3.05, 3.63) is 18.2 Å². The summed E-state index contributed by atoms with van der Waals surface area (Å²) >= 11 is 0. The van der Waals surface area contributed by atoms with Crippen LogP contribution in [0, 0.1) is 0 Å². The summed E-state index contributed by atoms with van der Waals surface area (Å²) in [5.41, 5.74) is 1.32. The molecular formula is C12H22N4. The molecule has 90 valence electrons. The standard InChI is InChI=1S/C12H22N4/c1-3-15(2)7-6-13-8-12-9-14-10-16(12)11-4-5-11/h9-11,13H,3-8H2,1-2H3. The third-order valence-corrected chi connectivity index (χ3v) is 3.20. The lowest BCUT2D eigenvalue weighted by Crippen LogP contribution is -2.29. The molecule has 0 aliphatic heterocycles. The van der Waals surface area contributed by atoms with Crippen molar-refractivity contribution >= 4 is 0 Å². The van der Waals surface area contributed by atoms with Gasteiger partial charge in [-0.25, -0.2) is 4.98 Å². The van der Waals surface area contributed by atoms with Gasteiger partial charge in [0, 0.05) is 31.9 Å². The molecular weight excluding hydrogens is 200 g/mol. The molecule has 0 unspecified atom stereocenters. The topological polar surface area (TPSA) is 33.1 Å². The molecule has 0 saturated heterocycles. The van der Waals surface area contributed by atoms with Crippen molar-refractivity contribution in [1.29, 1.82) is 0 Å². The second kappa shape index (κ2) is 5.46. The maximum Gasteiger partial charge on any atom is 0.0951 e. The summed E-state index contributed by atoms with van der Waals surface area (Å²) in [6.07, 6.45) is 6.59. The van der Waals surface area contributed by atoms with Crippen molar-refractivity contribution in [2.75, 3.05) is 26.7 Å². The van der Waals surface area contributed by atoms with Gasteiger partial charge < -0.3 is 14.8 Å². The summed E-state index contributed by atoms with van der Waals surface area (Å²) in [5.74, 6) is 0. The number of nitrogens with zero attached hydrogens (tertiary/aromatic N) is 3. The molecule has 1 heterocycles. The monoisotopic (exact) mass is 222 g/mol. The third kappa shape index (κ3) is 3.06. The Morgan fingerprint density at radius 1 is 1.56 bits per heavy atom. The van der Waals surface area contributed by atoms with E-state index >= 15 is 0 Å². The highest BCUT2D eigenvalue weighted by atomic mass is 15.1.